The Kier molecular flexibility index (Phi) is 7.94. The Balaban J connectivity index is 1.65. The van der Waals surface area contributed by atoms with E-state index >= 15 is 0 Å². The Hall–Kier alpha value is -4.60. The number of hydrogen-bond acceptors (Lipinski definition) is 8. The van der Waals surface area contributed by atoms with Crippen LogP contribution >= 0.6 is 0 Å². The number of carbonyl (C=O) groups excluding carboxylic acids is 4. The number of carbonyl (C=O) groups is 4. The highest BCUT2D eigenvalue weighted by atomic mass is 16.5. The first-order valence-electron chi connectivity index (χ1n) is 16.0. The Bertz CT molecular complexity index is 1810. The second-order valence-corrected chi connectivity index (χ2v) is 12.9. The molecule has 242 valence electrons. The molecule has 5 atom stereocenters. The van der Waals surface area contributed by atoms with Crippen LogP contribution in [0.25, 0.3) is 23.8 Å². The number of ketones is 2. The zero-order valence-corrected chi connectivity index (χ0v) is 27.7. The van der Waals surface area contributed by atoms with Gasteiger partial charge in [0.15, 0.2) is 5.78 Å². The van der Waals surface area contributed by atoms with Crippen molar-refractivity contribution in [3.8, 4) is 0 Å². The molecule has 1 aliphatic carbocycles. The van der Waals surface area contributed by atoms with Crippen molar-refractivity contribution in [3.63, 3.8) is 0 Å². The number of Topliss-reactive ketones (excluding diaryl/α,β-unsaturated/α-hetero) is 2. The number of methoxy groups -OCH3 is 2. The molecule has 0 spiro atoms. The highest BCUT2D eigenvalue weighted by molar-refractivity contribution is 6.34. The van der Waals surface area contributed by atoms with Gasteiger partial charge in [-0.25, -0.2) is 4.79 Å². The largest absolute Gasteiger partial charge is 0.469 e. The van der Waals surface area contributed by atoms with Crippen LogP contribution in [-0.2, 0) is 19.1 Å². The molecule has 46 heavy (non-hydrogen) atoms. The minimum absolute atomic E-state index is 0.00246. The Morgan fingerprint density at radius 3 is 2.20 bits per heavy atom. The molecular weight excluding hydrogens is 584 g/mol. The van der Waals surface area contributed by atoms with Gasteiger partial charge >= 0.3 is 11.9 Å². The van der Waals surface area contributed by atoms with Crippen LogP contribution < -0.4 is 10.6 Å². The number of hydrogen-bond donors (Lipinski definition) is 4. The Morgan fingerprint density at radius 1 is 0.870 bits per heavy atom. The monoisotopic (exact) mass is 626 g/mol. The normalized spacial score (nSPS) is 28.0. The molecule has 0 amide bonds. The van der Waals surface area contributed by atoms with Gasteiger partial charge in [-0.3, -0.25) is 14.4 Å². The summed E-state index contributed by atoms with van der Waals surface area (Å²) in [7, 11) is 2.64. The minimum Gasteiger partial charge on any atom is -0.469 e. The van der Waals surface area contributed by atoms with Crippen molar-refractivity contribution in [3.05, 3.63) is 67.7 Å². The van der Waals surface area contributed by atoms with Crippen LogP contribution in [0.2, 0.25) is 0 Å². The van der Waals surface area contributed by atoms with Crippen LogP contribution in [0.3, 0.4) is 0 Å². The van der Waals surface area contributed by atoms with Crippen molar-refractivity contribution in [2.24, 2.45) is 23.7 Å². The van der Waals surface area contributed by atoms with Gasteiger partial charge in [-0.15, -0.1) is 0 Å². The van der Waals surface area contributed by atoms with E-state index in [0.717, 1.165) is 51.7 Å². The van der Waals surface area contributed by atoms with Gasteiger partial charge in [0.2, 0.25) is 5.78 Å². The Labute approximate surface area is 268 Å². The van der Waals surface area contributed by atoms with Crippen molar-refractivity contribution >= 4 is 47.3 Å². The molecule has 8 bridgehead atoms. The maximum Gasteiger partial charge on any atom is 0.342 e. The molecule has 1 unspecified atom stereocenters. The first kappa shape index (κ1) is 31.4. The quantitative estimate of drug-likeness (QED) is 0.188. The lowest BCUT2D eigenvalue weighted by molar-refractivity contribution is -0.141. The Morgan fingerprint density at radius 2 is 1.54 bits per heavy atom. The first-order chi connectivity index (χ1) is 21.9. The zero-order valence-electron chi connectivity index (χ0n) is 27.7. The molecule has 0 aromatic carbocycles. The highest BCUT2D eigenvalue weighted by Gasteiger charge is 2.48. The number of allylic oxidation sites excluding steroid dienone is 3. The molecule has 5 heterocycles. The lowest BCUT2D eigenvalue weighted by Gasteiger charge is -2.23. The van der Waals surface area contributed by atoms with Gasteiger partial charge in [0.1, 0.15) is 5.57 Å². The van der Waals surface area contributed by atoms with E-state index < -0.39 is 12.0 Å². The summed E-state index contributed by atoms with van der Waals surface area (Å²) in [6.45, 7) is 11.8. The van der Waals surface area contributed by atoms with Gasteiger partial charge in [0.05, 0.1) is 37.2 Å². The first-order valence-corrected chi connectivity index (χ1v) is 16.0. The number of esters is 2. The molecule has 2 aromatic heterocycles. The summed E-state index contributed by atoms with van der Waals surface area (Å²) in [5, 5.41) is 7.28. The molecule has 4 aliphatic rings. The van der Waals surface area contributed by atoms with Gasteiger partial charge in [-0.05, 0) is 68.9 Å². The summed E-state index contributed by atoms with van der Waals surface area (Å²) in [6, 6.07) is -0.488. The van der Waals surface area contributed by atoms with Gasteiger partial charge < -0.3 is 30.1 Å². The summed E-state index contributed by atoms with van der Waals surface area (Å²) in [5.74, 6) is -1.34. The second-order valence-electron chi connectivity index (χ2n) is 12.9. The molecule has 2 saturated heterocycles. The molecule has 0 radical (unpaired) electrons. The fourth-order valence-corrected chi connectivity index (χ4v) is 7.99. The molecule has 4 N–H and O–H groups in total. The van der Waals surface area contributed by atoms with Crippen LogP contribution in [0, 0.1) is 37.5 Å². The topological polar surface area (TPSA) is 142 Å². The molecule has 3 aliphatic heterocycles. The molecule has 0 saturated carbocycles. The third-order valence-corrected chi connectivity index (χ3v) is 10.6. The lowest BCUT2D eigenvalue weighted by Crippen LogP contribution is -2.31. The van der Waals surface area contributed by atoms with Gasteiger partial charge in [-0.1, -0.05) is 20.8 Å². The molecular formula is C36H42N4O6. The van der Waals surface area contributed by atoms with E-state index in [1.165, 1.54) is 14.2 Å². The summed E-state index contributed by atoms with van der Waals surface area (Å²) >= 11 is 0. The number of H-pyrrole nitrogens is 2. The van der Waals surface area contributed by atoms with Crippen LogP contribution in [-0.4, -0.2) is 53.7 Å². The molecule has 10 heteroatoms. The van der Waals surface area contributed by atoms with Crippen LogP contribution in [0.1, 0.15) is 102 Å². The highest BCUT2D eigenvalue weighted by Crippen LogP contribution is 2.47. The van der Waals surface area contributed by atoms with Crippen molar-refractivity contribution in [1.29, 1.82) is 0 Å². The molecule has 2 aromatic rings. The summed E-state index contributed by atoms with van der Waals surface area (Å²) in [5.41, 5.74) is 9.07. The molecule has 10 nitrogen and oxygen atoms in total. The maximum atomic E-state index is 14.1. The lowest BCUT2D eigenvalue weighted by atomic mass is 9.82. The summed E-state index contributed by atoms with van der Waals surface area (Å²) in [6.07, 6.45) is 7.65. The summed E-state index contributed by atoms with van der Waals surface area (Å²) in [4.78, 5) is 59.7. The average molecular weight is 627 g/mol. The SMILES string of the molecule is CC[C@H]1/C2=C/c3[nH]c4c(c3C)C(=O)C(C(=O)OC)=C4C3N/C(=C\c4[nH]c(c(C(C)=O)c4C)/C=C(\N2)[C@@H]1C)[C@@H](C)[C@@H]3CCC(=O)OC. The van der Waals surface area contributed by atoms with Gasteiger partial charge in [0, 0.05) is 63.8 Å². The van der Waals surface area contributed by atoms with Crippen molar-refractivity contribution in [1.82, 2.24) is 20.6 Å². The number of fused-ring (bicyclic) bond motifs is 8. The smallest absolute Gasteiger partial charge is 0.342 e. The number of ether oxygens (including phenoxy) is 2. The van der Waals surface area contributed by atoms with Crippen molar-refractivity contribution in [2.75, 3.05) is 14.2 Å². The average Bonchev–Trinajstić information content (AvgIpc) is 3.76. The number of nitrogens with one attached hydrogen (secondary N) is 4. The van der Waals surface area contributed by atoms with E-state index in [-0.39, 0.29) is 53.2 Å². The fraction of sp³-hybridized carbons (Fsp3) is 0.444. The predicted molar refractivity (Wildman–Crippen MR) is 175 cm³/mol. The van der Waals surface area contributed by atoms with Crippen molar-refractivity contribution in [2.45, 2.75) is 66.8 Å². The third kappa shape index (κ3) is 4.77. The van der Waals surface area contributed by atoms with Crippen LogP contribution in [0.15, 0.2) is 22.7 Å². The van der Waals surface area contributed by atoms with Crippen LogP contribution in [0.5, 0.6) is 0 Å². The summed E-state index contributed by atoms with van der Waals surface area (Å²) < 4.78 is 10.1. The number of aromatic amines is 2. The zero-order chi connectivity index (χ0) is 33.2. The minimum atomic E-state index is -0.694. The van der Waals surface area contributed by atoms with Crippen molar-refractivity contribution < 1.29 is 28.7 Å². The van der Waals surface area contributed by atoms with Gasteiger partial charge in [0.25, 0.3) is 0 Å². The third-order valence-electron chi connectivity index (χ3n) is 10.6. The number of aromatic nitrogens is 2. The molecule has 6 rings (SSSR count). The van der Waals surface area contributed by atoms with E-state index in [0.29, 0.717) is 28.8 Å². The fourth-order valence-electron chi connectivity index (χ4n) is 7.99. The van der Waals surface area contributed by atoms with Gasteiger partial charge in [-0.2, -0.15) is 0 Å². The second kappa shape index (κ2) is 11.6. The van der Waals surface area contributed by atoms with E-state index in [2.05, 4.69) is 47.4 Å². The standard InChI is InChI=1S/C36H42N4O6/c1-9-20-15(2)22-14-27-29(19(6)41)17(4)24(38-27)12-23-16(3)21(10-11-28(42)45-7)33(39-23)31-32(36(44)46-8)35(43)30-18(5)25(40-34(30)31)13-26(20)37-22/h12-16,20-21,33,37-40H,9-11H2,1-8H3/b22-14-,23-12-,26-13-/t15-,16+,20-,21+,33?/m1/s1. The predicted octanol–water partition coefficient (Wildman–Crippen LogP) is 5.46. The van der Waals surface area contributed by atoms with E-state index in [1.54, 1.807) is 6.92 Å². The van der Waals surface area contributed by atoms with E-state index in [1.807, 2.05) is 26.0 Å². The van der Waals surface area contributed by atoms with E-state index in [4.69, 9.17) is 9.47 Å². The van der Waals surface area contributed by atoms with E-state index in [9.17, 15) is 19.2 Å². The number of rotatable bonds is 6. The molecule has 2 fully saturated rings. The van der Waals surface area contributed by atoms with Crippen LogP contribution in [0.4, 0.5) is 0 Å². The maximum absolute atomic E-state index is 14.1.